The number of fused-ring (bicyclic) bond motifs is 5. The van der Waals surface area contributed by atoms with E-state index in [-0.39, 0.29) is 22.9 Å². The number of aliphatic hydroxyl groups excluding tert-OH is 2. The van der Waals surface area contributed by atoms with Gasteiger partial charge in [0.1, 0.15) is 0 Å². The van der Waals surface area contributed by atoms with E-state index in [2.05, 4.69) is 33.8 Å². The van der Waals surface area contributed by atoms with Crippen molar-refractivity contribution < 1.29 is 15.3 Å². The Morgan fingerprint density at radius 1 is 1.07 bits per heavy atom. The van der Waals surface area contributed by atoms with Crippen molar-refractivity contribution in [2.45, 2.75) is 117 Å². The molecule has 0 saturated heterocycles. The van der Waals surface area contributed by atoms with Crippen LogP contribution in [0.5, 0.6) is 0 Å². The number of allylic oxidation sites excluding steroid dienone is 1. The lowest BCUT2D eigenvalue weighted by molar-refractivity contribution is -0.151. The molecular formula is C27H46O3. The van der Waals surface area contributed by atoms with Crippen molar-refractivity contribution in [2.24, 2.45) is 40.4 Å². The van der Waals surface area contributed by atoms with Crippen molar-refractivity contribution in [2.75, 3.05) is 0 Å². The minimum atomic E-state index is -1.00. The summed E-state index contributed by atoms with van der Waals surface area (Å²) in [4.78, 5) is 0. The van der Waals surface area contributed by atoms with E-state index in [0.717, 1.165) is 44.4 Å². The van der Waals surface area contributed by atoms with Gasteiger partial charge in [0, 0.05) is 0 Å². The summed E-state index contributed by atoms with van der Waals surface area (Å²) in [6.45, 7) is 11.2. The Balaban J connectivity index is 1.55. The van der Waals surface area contributed by atoms with E-state index in [1.54, 1.807) is 0 Å². The summed E-state index contributed by atoms with van der Waals surface area (Å²) in [5, 5.41) is 32.7. The van der Waals surface area contributed by atoms with Crippen molar-refractivity contribution >= 4 is 0 Å². The van der Waals surface area contributed by atoms with Crippen molar-refractivity contribution in [1.29, 1.82) is 0 Å². The summed E-state index contributed by atoms with van der Waals surface area (Å²) < 4.78 is 0. The van der Waals surface area contributed by atoms with E-state index >= 15 is 0 Å². The third-order valence-corrected chi connectivity index (χ3v) is 10.5. The van der Waals surface area contributed by atoms with Crippen molar-refractivity contribution in [3.05, 3.63) is 11.6 Å². The summed E-state index contributed by atoms with van der Waals surface area (Å²) in [6, 6.07) is 0. The van der Waals surface area contributed by atoms with Crippen LogP contribution in [0.25, 0.3) is 0 Å². The summed E-state index contributed by atoms with van der Waals surface area (Å²) >= 11 is 0. The summed E-state index contributed by atoms with van der Waals surface area (Å²) in [6.07, 6.45) is 12.1. The van der Waals surface area contributed by atoms with Crippen LogP contribution in [0.15, 0.2) is 11.6 Å². The molecular weight excluding hydrogens is 372 g/mol. The van der Waals surface area contributed by atoms with Gasteiger partial charge in [-0.15, -0.1) is 0 Å². The maximum absolute atomic E-state index is 11.6. The Morgan fingerprint density at radius 3 is 2.50 bits per heavy atom. The minimum absolute atomic E-state index is 0.124. The molecule has 3 fully saturated rings. The molecule has 0 spiro atoms. The first-order chi connectivity index (χ1) is 14.0. The van der Waals surface area contributed by atoms with E-state index in [0.29, 0.717) is 24.2 Å². The van der Waals surface area contributed by atoms with E-state index < -0.39 is 11.7 Å². The largest absolute Gasteiger partial charge is 0.393 e. The first-order valence-corrected chi connectivity index (χ1v) is 12.8. The Hall–Kier alpha value is -0.380. The number of hydrogen-bond acceptors (Lipinski definition) is 3. The molecule has 4 unspecified atom stereocenters. The zero-order valence-electron chi connectivity index (χ0n) is 20.0. The van der Waals surface area contributed by atoms with Crippen LogP contribution in [0.2, 0.25) is 0 Å². The second-order valence-electron chi connectivity index (χ2n) is 12.5. The fraction of sp³-hybridized carbons (Fsp3) is 0.926. The maximum Gasteiger partial charge on any atom is 0.0910 e. The highest BCUT2D eigenvalue weighted by Crippen LogP contribution is 2.67. The molecule has 0 amide bonds. The van der Waals surface area contributed by atoms with Crippen LogP contribution in [-0.4, -0.2) is 33.1 Å². The van der Waals surface area contributed by atoms with Crippen LogP contribution < -0.4 is 0 Å². The third kappa shape index (κ3) is 3.52. The average Bonchev–Trinajstić information content (AvgIpc) is 3.04. The third-order valence-electron chi connectivity index (χ3n) is 10.5. The second kappa shape index (κ2) is 7.89. The van der Waals surface area contributed by atoms with Crippen LogP contribution in [0.4, 0.5) is 0 Å². The first-order valence-electron chi connectivity index (χ1n) is 12.8. The molecule has 3 heteroatoms. The summed E-state index contributed by atoms with van der Waals surface area (Å²) in [5.74, 6) is 2.80. The zero-order chi connectivity index (χ0) is 21.9. The summed E-state index contributed by atoms with van der Waals surface area (Å²) in [5.41, 5.74) is 0.914. The summed E-state index contributed by atoms with van der Waals surface area (Å²) in [7, 11) is 0. The lowest BCUT2D eigenvalue weighted by Gasteiger charge is -2.59. The van der Waals surface area contributed by atoms with Crippen molar-refractivity contribution in [1.82, 2.24) is 0 Å². The molecule has 0 radical (unpaired) electrons. The molecule has 172 valence electrons. The lowest BCUT2D eigenvalue weighted by Crippen LogP contribution is -2.55. The molecule has 4 aliphatic carbocycles. The van der Waals surface area contributed by atoms with Gasteiger partial charge in [0.25, 0.3) is 0 Å². The van der Waals surface area contributed by atoms with Gasteiger partial charge in [0.05, 0.1) is 17.8 Å². The molecule has 0 aromatic heterocycles. The van der Waals surface area contributed by atoms with Gasteiger partial charge in [-0.05, 0) is 112 Å². The molecule has 4 aliphatic rings. The Morgan fingerprint density at radius 2 is 1.80 bits per heavy atom. The molecule has 3 saturated carbocycles. The van der Waals surface area contributed by atoms with Gasteiger partial charge in [-0.25, -0.2) is 0 Å². The molecule has 0 aromatic carbocycles. The van der Waals surface area contributed by atoms with Gasteiger partial charge >= 0.3 is 0 Å². The molecule has 4 rings (SSSR count). The highest BCUT2D eigenvalue weighted by molar-refractivity contribution is 5.25. The fourth-order valence-electron chi connectivity index (χ4n) is 8.62. The van der Waals surface area contributed by atoms with Crippen LogP contribution >= 0.6 is 0 Å². The van der Waals surface area contributed by atoms with E-state index in [1.165, 1.54) is 24.8 Å². The normalized spacial score (nSPS) is 46.4. The molecule has 3 N–H and O–H groups in total. The van der Waals surface area contributed by atoms with Gasteiger partial charge in [0.15, 0.2) is 0 Å². The lowest BCUT2D eigenvalue weighted by atomic mass is 9.46. The SMILES string of the molecule is CC(C)CC[C@@H](O)[C@](C)(O)[C@H]1CC[C@H]2C3CC=C4CC(O)CCC4(C)[C@H]3CCC21C. The Bertz CT molecular complexity index is 667. The highest BCUT2D eigenvalue weighted by atomic mass is 16.3. The smallest absolute Gasteiger partial charge is 0.0910 e. The standard InChI is InChI=1S/C27H46O3/c1-17(2)6-11-24(29)27(5,30)23-10-9-21-20-8-7-18-16-19(28)12-14-25(18,3)22(20)13-15-26(21,23)4/h7,17,19-24,28-30H,6,8-16H2,1-5H3/t19?,20?,21-,22-,23-,24+,25?,26?,27+/m0/s1. The van der Waals surface area contributed by atoms with Gasteiger partial charge in [-0.2, -0.15) is 0 Å². The molecule has 0 aliphatic heterocycles. The fourth-order valence-corrected chi connectivity index (χ4v) is 8.62. The van der Waals surface area contributed by atoms with Gasteiger partial charge in [0.2, 0.25) is 0 Å². The van der Waals surface area contributed by atoms with Crippen molar-refractivity contribution in [3.63, 3.8) is 0 Å². The van der Waals surface area contributed by atoms with Crippen LogP contribution in [0, 0.1) is 40.4 Å². The molecule has 3 nitrogen and oxygen atoms in total. The van der Waals surface area contributed by atoms with Gasteiger partial charge in [-0.1, -0.05) is 39.3 Å². The molecule has 9 atom stereocenters. The molecule has 0 aromatic rings. The molecule has 0 heterocycles. The predicted molar refractivity (Wildman–Crippen MR) is 122 cm³/mol. The zero-order valence-corrected chi connectivity index (χ0v) is 20.0. The molecule has 30 heavy (non-hydrogen) atoms. The number of aliphatic hydroxyl groups is 3. The Labute approximate surface area is 184 Å². The van der Waals surface area contributed by atoms with Crippen LogP contribution in [0.1, 0.15) is 98.8 Å². The minimum Gasteiger partial charge on any atom is -0.393 e. The average molecular weight is 419 g/mol. The highest BCUT2D eigenvalue weighted by Gasteiger charge is 2.62. The quantitative estimate of drug-likeness (QED) is 0.519. The number of hydrogen-bond donors (Lipinski definition) is 3. The second-order valence-corrected chi connectivity index (χ2v) is 12.5. The van der Waals surface area contributed by atoms with E-state index in [9.17, 15) is 15.3 Å². The number of rotatable bonds is 5. The van der Waals surface area contributed by atoms with Crippen molar-refractivity contribution in [3.8, 4) is 0 Å². The van der Waals surface area contributed by atoms with E-state index in [4.69, 9.17) is 0 Å². The first kappa shape index (κ1) is 22.8. The van der Waals surface area contributed by atoms with Crippen LogP contribution in [-0.2, 0) is 0 Å². The molecule has 0 bridgehead atoms. The van der Waals surface area contributed by atoms with Gasteiger partial charge in [-0.3, -0.25) is 0 Å². The van der Waals surface area contributed by atoms with Gasteiger partial charge < -0.3 is 15.3 Å². The van der Waals surface area contributed by atoms with E-state index in [1.807, 2.05) is 6.92 Å². The van der Waals surface area contributed by atoms with Crippen LogP contribution in [0.3, 0.4) is 0 Å². The topological polar surface area (TPSA) is 60.7 Å². The Kier molecular flexibility index (Phi) is 5.99. The maximum atomic E-state index is 11.6. The predicted octanol–water partition coefficient (Wildman–Crippen LogP) is 5.47. The monoisotopic (exact) mass is 418 g/mol.